The van der Waals surface area contributed by atoms with Gasteiger partial charge in [-0.3, -0.25) is 0 Å². The standard InChI is InChI=1S/C34H26N2/c35-22-21-33(36)25-17-15-24(16-18-25)26-19-20-30-29-13-7-8-14-31(29)34(32(30)23-26,27-9-3-1-4-10-27)28-11-5-2-6-12-28/h1-23,35H,36H2. The first kappa shape index (κ1) is 21.8. The molecule has 0 aliphatic heterocycles. The number of nitrogens with two attached hydrogens (primary N) is 1. The molecular formula is C34H26N2. The minimum Gasteiger partial charge on any atom is -0.398 e. The van der Waals surface area contributed by atoms with Gasteiger partial charge in [0, 0.05) is 11.9 Å². The molecule has 0 bridgehead atoms. The summed E-state index contributed by atoms with van der Waals surface area (Å²) in [6, 6.07) is 45.6. The van der Waals surface area contributed by atoms with Crippen LogP contribution in [-0.2, 0) is 5.41 Å². The Morgan fingerprint density at radius 2 is 1.14 bits per heavy atom. The van der Waals surface area contributed by atoms with Gasteiger partial charge in [-0.2, -0.15) is 0 Å². The summed E-state index contributed by atoms with van der Waals surface area (Å²) in [5.41, 5.74) is 17.2. The van der Waals surface area contributed by atoms with E-state index < -0.39 is 5.41 Å². The van der Waals surface area contributed by atoms with Crippen LogP contribution in [0.1, 0.15) is 27.8 Å². The largest absolute Gasteiger partial charge is 0.398 e. The normalized spacial score (nSPS) is 13.6. The van der Waals surface area contributed by atoms with Gasteiger partial charge >= 0.3 is 0 Å². The van der Waals surface area contributed by atoms with E-state index in [-0.39, 0.29) is 0 Å². The Bertz CT molecular complexity index is 1540. The summed E-state index contributed by atoms with van der Waals surface area (Å²) in [5, 5.41) is 7.28. The van der Waals surface area contributed by atoms with Crippen LogP contribution in [0.2, 0.25) is 0 Å². The third-order valence-corrected chi connectivity index (χ3v) is 7.27. The molecule has 0 saturated heterocycles. The molecule has 0 unspecified atom stereocenters. The van der Waals surface area contributed by atoms with E-state index in [1.54, 1.807) is 6.08 Å². The van der Waals surface area contributed by atoms with E-state index in [2.05, 4.69) is 115 Å². The molecule has 0 amide bonds. The van der Waals surface area contributed by atoms with Gasteiger partial charge in [0.1, 0.15) is 0 Å². The molecule has 0 heterocycles. The fourth-order valence-electron chi connectivity index (χ4n) is 5.67. The van der Waals surface area contributed by atoms with E-state index in [9.17, 15) is 0 Å². The third-order valence-electron chi connectivity index (χ3n) is 7.27. The Morgan fingerprint density at radius 1 is 0.583 bits per heavy atom. The second-order valence-electron chi connectivity index (χ2n) is 9.15. The van der Waals surface area contributed by atoms with Crippen molar-refractivity contribution in [1.82, 2.24) is 0 Å². The van der Waals surface area contributed by atoms with E-state index in [0.717, 1.165) is 11.1 Å². The molecule has 0 saturated carbocycles. The lowest BCUT2D eigenvalue weighted by atomic mass is 9.67. The lowest BCUT2D eigenvalue weighted by Crippen LogP contribution is -2.28. The first-order valence-corrected chi connectivity index (χ1v) is 12.2. The third kappa shape index (κ3) is 3.30. The maximum absolute atomic E-state index is 7.28. The molecule has 172 valence electrons. The maximum atomic E-state index is 7.28. The summed E-state index contributed by atoms with van der Waals surface area (Å²) in [7, 11) is 0. The average Bonchev–Trinajstić information content (AvgIpc) is 3.25. The molecule has 0 fully saturated rings. The van der Waals surface area contributed by atoms with Crippen LogP contribution in [0.25, 0.3) is 28.0 Å². The Hall–Kier alpha value is -4.69. The van der Waals surface area contributed by atoms with Gasteiger partial charge in [-0.15, -0.1) is 0 Å². The number of benzene rings is 5. The van der Waals surface area contributed by atoms with Gasteiger partial charge in [-0.25, -0.2) is 0 Å². The predicted octanol–water partition coefficient (Wildman–Crippen LogP) is 7.67. The van der Waals surface area contributed by atoms with Crippen LogP contribution >= 0.6 is 0 Å². The molecule has 1 aliphatic carbocycles. The number of hydrogen-bond donors (Lipinski definition) is 2. The molecule has 3 N–H and O–H groups in total. The lowest BCUT2D eigenvalue weighted by Gasteiger charge is -2.34. The van der Waals surface area contributed by atoms with Gasteiger partial charge in [0.2, 0.25) is 0 Å². The molecule has 0 spiro atoms. The lowest BCUT2D eigenvalue weighted by molar-refractivity contribution is 0.769. The highest BCUT2D eigenvalue weighted by Crippen LogP contribution is 2.56. The van der Waals surface area contributed by atoms with Crippen molar-refractivity contribution < 1.29 is 0 Å². The molecule has 2 heteroatoms. The summed E-state index contributed by atoms with van der Waals surface area (Å²) in [4.78, 5) is 0. The molecule has 5 aromatic carbocycles. The van der Waals surface area contributed by atoms with Crippen LogP contribution in [0.3, 0.4) is 0 Å². The number of allylic oxidation sites excluding steroid dienone is 1. The van der Waals surface area contributed by atoms with Crippen molar-refractivity contribution in [3.05, 3.63) is 161 Å². The van der Waals surface area contributed by atoms with E-state index in [4.69, 9.17) is 11.1 Å². The molecule has 6 rings (SSSR count). The van der Waals surface area contributed by atoms with Crippen molar-refractivity contribution in [2.45, 2.75) is 5.41 Å². The van der Waals surface area contributed by atoms with Gasteiger partial charge in [0.05, 0.1) is 5.41 Å². The van der Waals surface area contributed by atoms with Crippen molar-refractivity contribution in [1.29, 1.82) is 5.41 Å². The Labute approximate surface area is 211 Å². The molecule has 1 aliphatic rings. The van der Waals surface area contributed by atoms with E-state index in [1.165, 1.54) is 45.2 Å². The average molecular weight is 463 g/mol. The quantitative estimate of drug-likeness (QED) is 0.254. The molecule has 2 nitrogen and oxygen atoms in total. The smallest absolute Gasteiger partial charge is 0.0713 e. The van der Waals surface area contributed by atoms with Gasteiger partial charge in [0.15, 0.2) is 0 Å². The topological polar surface area (TPSA) is 49.9 Å². The van der Waals surface area contributed by atoms with Crippen LogP contribution in [-0.4, -0.2) is 6.21 Å². The fourth-order valence-corrected chi connectivity index (χ4v) is 5.67. The highest BCUT2D eigenvalue weighted by molar-refractivity contribution is 5.88. The molecule has 0 aromatic heterocycles. The van der Waals surface area contributed by atoms with Gasteiger partial charge in [-0.05, 0) is 62.2 Å². The number of nitrogens with one attached hydrogen (secondary N) is 1. The van der Waals surface area contributed by atoms with E-state index in [0.29, 0.717) is 5.70 Å². The molecular weight excluding hydrogens is 436 g/mol. The number of fused-ring (bicyclic) bond motifs is 3. The zero-order chi connectivity index (χ0) is 24.5. The van der Waals surface area contributed by atoms with Crippen LogP contribution in [0.5, 0.6) is 0 Å². The SMILES string of the molecule is N=CC=C(N)c1ccc(-c2ccc3c(c2)C(c2ccccc2)(c2ccccc2)c2ccccc2-3)cc1. The first-order valence-electron chi connectivity index (χ1n) is 12.2. The Kier molecular flexibility index (Phi) is 5.35. The van der Waals surface area contributed by atoms with Crippen molar-refractivity contribution in [2.75, 3.05) is 0 Å². The monoisotopic (exact) mass is 462 g/mol. The van der Waals surface area contributed by atoms with Crippen molar-refractivity contribution in [2.24, 2.45) is 5.73 Å². The number of rotatable bonds is 5. The van der Waals surface area contributed by atoms with E-state index in [1.807, 2.05) is 12.1 Å². The van der Waals surface area contributed by atoms with Crippen molar-refractivity contribution in [3.63, 3.8) is 0 Å². The Balaban J connectivity index is 1.61. The summed E-state index contributed by atoms with van der Waals surface area (Å²) in [6.07, 6.45) is 2.82. The van der Waals surface area contributed by atoms with Crippen LogP contribution in [0.15, 0.2) is 133 Å². The molecule has 36 heavy (non-hydrogen) atoms. The second kappa shape index (κ2) is 8.83. The molecule has 0 radical (unpaired) electrons. The van der Waals surface area contributed by atoms with E-state index >= 15 is 0 Å². The minimum absolute atomic E-state index is 0.401. The van der Waals surface area contributed by atoms with Crippen LogP contribution < -0.4 is 5.73 Å². The zero-order valence-corrected chi connectivity index (χ0v) is 19.9. The minimum atomic E-state index is -0.401. The van der Waals surface area contributed by atoms with Gasteiger partial charge in [-0.1, -0.05) is 121 Å². The summed E-state index contributed by atoms with van der Waals surface area (Å²) in [5.74, 6) is 0. The first-order chi connectivity index (χ1) is 17.7. The molecule has 0 atom stereocenters. The fraction of sp³-hybridized carbons (Fsp3) is 0.0294. The summed E-state index contributed by atoms with van der Waals surface area (Å²) >= 11 is 0. The van der Waals surface area contributed by atoms with Crippen molar-refractivity contribution >= 4 is 11.9 Å². The number of hydrogen-bond acceptors (Lipinski definition) is 2. The van der Waals surface area contributed by atoms with Crippen molar-refractivity contribution in [3.8, 4) is 22.3 Å². The highest BCUT2D eigenvalue weighted by Gasteiger charge is 2.45. The van der Waals surface area contributed by atoms with Gasteiger partial charge in [0.25, 0.3) is 0 Å². The second-order valence-corrected chi connectivity index (χ2v) is 9.15. The Morgan fingerprint density at radius 3 is 1.78 bits per heavy atom. The summed E-state index contributed by atoms with van der Waals surface area (Å²) in [6.45, 7) is 0. The maximum Gasteiger partial charge on any atom is 0.0713 e. The molecule has 5 aromatic rings. The highest BCUT2D eigenvalue weighted by atomic mass is 14.6. The summed E-state index contributed by atoms with van der Waals surface area (Å²) < 4.78 is 0. The van der Waals surface area contributed by atoms with Crippen LogP contribution in [0.4, 0.5) is 0 Å². The van der Waals surface area contributed by atoms with Crippen LogP contribution in [0, 0.1) is 5.41 Å². The van der Waals surface area contributed by atoms with Gasteiger partial charge < -0.3 is 11.1 Å². The predicted molar refractivity (Wildman–Crippen MR) is 150 cm³/mol. The zero-order valence-electron chi connectivity index (χ0n) is 19.9.